The summed E-state index contributed by atoms with van der Waals surface area (Å²) in [6.07, 6.45) is 2.93. The summed E-state index contributed by atoms with van der Waals surface area (Å²) in [5.74, 6) is -1.19. The Morgan fingerprint density at radius 1 is 0.633 bits per heavy atom. The molecular weight excluding hydrogens is 374 g/mol. The zero-order valence-corrected chi connectivity index (χ0v) is 15.8. The smallest absolute Gasteiger partial charge is 0.221 e. The van der Waals surface area contributed by atoms with Crippen LogP contribution < -0.4 is 0 Å². The molecule has 142 valence electrons. The van der Waals surface area contributed by atoms with Gasteiger partial charge in [-0.3, -0.25) is 9.59 Å². The van der Waals surface area contributed by atoms with Crippen LogP contribution in [-0.2, 0) is 0 Å². The summed E-state index contributed by atoms with van der Waals surface area (Å²) in [6, 6.07) is 26.1. The zero-order valence-electron chi connectivity index (χ0n) is 15.8. The minimum Gasteiger partial charge on any atom is -0.286 e. The van der Waals surface area contributed by atoms with Gasteiger partial charge in [0.05, 0.1) is 0 Å². The molecular formula is C25H15N3O2. The predicted octanol–water partition coefficient (Wildman–Crippen LogP) is 4.66. The van der Waals surface area contributed by atoms with Gasteiger partial charge >= 0.3 is 0 Å². The Labute approximate surface area is 173 Å². The number of hydrogen-bond acceptors (Lipinski definition) is 5. The number of benzene rings is 2. The maximum absolute atomic E-state index is 12.7. The van der Waals surface area contributed by atoms with E-state index in [0.717, 1.165) is 0 Å². The molecule has 1 aromatic heterocycles. The number of pyridine rings is 1. The highest BCUT2D eigenvalue weighted by Crippen LogP contribution is 2.15. The standard InChI is InChI=1S/C25H15N3O2/c26-16-20(14-18-8-3-1-4-9-18)24(29)22-12-7-13-23(28-22)25(30)21(17-27)15-19-10-5-2-6-11-19/h1-15H/b20-14+,21-15+. The third kappa shape index (κ3) is 4.81. The minimum absolute atomic E-state index is 0.0402. The first-order valence-electron chi connectivity index (χ1n) is 9.02. The Morgan fingerprint density at radius 3 is 1.40 bits per heavy atom. The van der Waals surface area contributed by atoms with Crippen LogP contribution in [0.1, 0.15) is 32.1 Å². The van der Waals surface area contributed by atoms with Gasteiger partial charge in [0.15, 0.2) is 0 Å². The molecule has 0 unspecified atom stereocenters. The summed E-state index contributed by atoms with van der Waals surface area (Å²) in [5.41, 5.74) is 1.12. The molecule has 3 rings (SSSR count). The molecule has 0 saturated carbocycles. The van der Waals surface area contributed by atoms with Gasteiger partial charge in [0.1, 0.15) is 34.7 Å². The van der Waals surface area contributed by atoms with Gasteiger partial charge in [-0.15, -0.1) is 0 Å². The van der Waals surface area contributed by atoms with E-state index < -0.39 is 11.6 Å². The monoisotopic (exact) mass is 389 g/mol. The number of rotatable bonds is 6. The van der Waals surface area contributed by atoms with E-state index in [2.05, 4.69) is 4.98 Å². The molecule has 1 heterocycles. The average molecular weight is 389 g/mol. The molecule has 0 radical (unpaired) electrons. The second-order valence-corrected chi connectivity index (χ2v) is 6.23. The largest absolute Gasteiger partial charge is 0.286 e. The van der Waals surface area contributed by atoms with Crippen molar-refractivity contribution in [3.63, 3.8) is 0 Å². The number of nitrogens with zero attached hydrogens (tertiary/aromatic N) is 3. The average Bonchev–Trinajstić information content (AvgIpc) is 2.81. The predicted molar refractivity (Wildman–Crippen MR) is 113 cm³/mol. The maximum atomic E-state index is 12.7. The SMILES string of the molecule is N#C/C(=C\c1ccccc1)C(=O)c1cccc(C(=O)/C(C#N)=C/c2ccccc2)n1. The van der Waals surface area contributed by atoms with Crippen molar-refractivity contribution >= 4 is 23.7 Å². The summed E-state index contributed by atoms with van der Waals surface area (Å²) >= 11 is 0. The number of nitriles is 2. The van der Waals surface area contributed by atoms with Crippen LogP contribution in [0, 0.1) is 22.7 Å². The Kier molecular flexibility index (Phi) is 6.41. The fraction of sp³-hybridized carbons (Fsp3) is 0. The minimum atomic E-state index is -0.596. The van der Waals surface area contributed by atoms with Crippen LogP contribution in [0.15, 0.2) is 90.0 Å². The van der Waals surface area contributed by atoms with Crippen molar-refractivity contribution in [3.8, 4) is 12.1 Å². The van der Waals surface area contributed by atoms with E-state index in [4.69, 9.17) is 0 Å². The van der Waals surface area contributed by atoms with E-state index in [1.54, 1.807) is 48.5 Å². The van der Waals surface area contributed by atoms with Crippen LogP contribution in [0.2, 0.25) is 0 Å². The van der Waals surface area contributed by atoms with E-state index >= 15 is 0 Å². The van der Waals surface area contributed by atoms with Crippen LogP contribution in [0.4, 0.5) is 0 Å². The van der Waals surface area contributed by atoms with Crippen LogP contribution in [-0.4, -0.2) is 16.6 Å². The Morgan fingerprint density at radius 2 is 1.03 bits per heavy atom. The molecule has 0 N–H and O–H groups in total. The Balaban J connectivity index is 1.92. The van der Waals surface area contributed by atoms with E-state index in [9.17, 15) is 20.1 Å². The number of carbonyl (C=O) groups excluding carboxylic acids is 2. The van der Waals surface area contributed by atoms with Crippen molar-refractivity contribution in [1.29, 1.82) is 10.5 Å². The number of aromatic nitrogens is 1. The lowest BCUT2D eigenvalue weighted by Gasteiger charge is -2.03. The number of allylic oxidation sites excluding steroid dienone is 2. The lowest BCUT2D eigenvalue weighted by Crippen LogP contribution is -2.10. The first-order chi connectivity index (χ1) is 14.6. The molecule has 5 heteroatoms. The second-order valence-electron chi connectivity index (χ2n) is 6.23. The number of Topliss-reactive ketones (excluding diaryl/α,β-unsaturated/α-hetero) is 2. The van der Waals surface area contributed by atoms with E-state index in [0.29, 0.717) is 11.1 Å². The maximum Gasteiger partial charge on any atom is 0.221 e. The first-order valence-corrected chi connectivity index (χ1v) is 9.02. The fourth-order valence-electron chi connectivity index (χ4n) is 2.69. The molecule has 5 nitrogen and oxygen atoms in total. The molecule has 0 bridgehead atoms. The molecule has 0 amide bonds. The van der Waals surface area contributed by atoms with E-state index in [-0.39, 0.29) is 22.5 Å². The van der Waals surface area contributed by atoms with Gasteiger partial charge in [0.25, 0.3) is 0 Å². The van der Waals surface area contributed by atoms with Crippen molar-refractivity contribution in [2.45, 2.75) is 0 Å². The van der Waals surface area contributed by atoms with Crippen LogP contribution in [0.3, 0.4) is 0 Å². The highest BCUT2D eigenvalue weighted by atomic mass is 16.1. The van der Waals surface area contributed by atoms with Gasteiger partial charge in [-0.25, -0.2) is 4.98 Å². The van der Waals surface area contributed by atoms with Gasteiger partial charge in [0.2, 0.25) is 11.6 Å². The lowest BCUT2D eigenvalue weighted by molar-refractivity contribution is 0.103. The van der Waals surface area contributed by atoms with Gasteiger partial charge in [-0.2, -0.15) is 10.5 Å². The summed E-state index contributed by atoms with van der Waals surface area (Å²) in [5, 5.41) is 18.8. The van der Waals surface area contributed by atoms with Gasteiger partial charge in [-0.05, 0) is 35.4 Å². The van der Waals surface area contributed by atoms with E-state index in [1.807, 2.05) is 24.3 Å². The number of ketones is 2. The first kappa shape index (κ1) is 20.1. The van der Waals surface area contributed by atoms with Gasteiger partial charge in [-0.1, -0.05) is 66.7 Å². The molecule has 3 aromatic rings. The highest BCUT2D eigenvalue weighted by molar-refractivity contribution is 6.15. The molecule has 0 spiro atoms. The molecule has 0 aliphatic carbocycles. The Bertz CT molecular complexity index is 1130. The molecule has 2 aromatic carbocycles. The van der Waals surface area contributed by atoms with E-state index in [1.165, 1.54) is 30.4 Å². The quantitative estimate of drug-likeness (QED) is 0.347. The molecule has 0 aliphatic rings. The van der Waals surface area contributed by atoms with Crippen molar-refractivity contribution in [3.05, 3.63) is 113 Å². The number of hydrogen-bond donors (Lipinski definition) is 0. The molecule has 0 aliphatic heterocycles. The summed E-state index contributed by atoms with van der Waals surface area (Å²) in [4.78, 5) is 29.6. The van der Waals surface area contributed by atoms with Crippen molar-refractivity contribution < 1.29 is 9.59 Å². The highest BCUT2D eigenvalue weighted by Gasteiger charge is 2.18. The molecule has 0 fully saturated rings. The third-order valence-electron chi connectivity index (χ3n) is 4.17. The number of carbonyl (C=O) groups is 2. The lowest BCUT2D eigenvalue weighted by atomic mass is 10.0. The van der Waals surface area contributed by atoms with Crippen molar-refractivity contribution in [2.24, 2.45) is 0 Å². The second kappa shape index (κ2) is 9.54. The fourth-order valence-corrected chi connectivity index (χ4v) is 2.69. The summed E-state index contributed by atoms with van der Waals surface area (Å²) in [6.45, 7) is 0. The zero-order chi connectivity index (χ0) is 21.3. The summed E-state index contributed by atoms with van der Waals surface area (Å²) in [7, 11) is 0. The van der Waals surface area contributed by atoms with Crippen LogP contribution >= 0.6 is 0 Å². The Hall–Kier alpha value is -4.61. The topological polar surface area (TPSA) is 94.6 Å². The summed E-state index contributed by atoms with van der Waals surface area (Å²) < 4.78 is 0. The van der Waals surface area contributed by atoms with Crippen LogP contribution in [0.5, 0.6) is 0 Å². The van der Waals surface area contributed by atoms with Gasteiger partial charge in [0, 0.05) is 0 Å². The molecule has 0 atom stereocenters. The van der Waals surface area contributed by atoms with Crippen LogP contribution in [0.25, 0.3) is 12.2 Å². The third-order valence-corrected chi connectivity index (χ3v) is 4.17. The van der Waals surface area contributed by atoms with Crippen molar-refractivity contribution in [1.82, 2.24) is 4.98 Å². The molecule has 0 saturated heterocycles. The normalized spacial score (nSPS) is 11.3. The van der Waals surface area contributed by atoms with Crippen molar-refractivity contribution in [2.75, 3.05) is 0 Å². The van der Waals surface area contributed by atoms with Gasteiger partial charge < -0.3 is 0 Å². The molecule has 30 heavy (non-hydrogen) atoms.